The highest BCUT2D eigenvalue weighted by Crippen LogP contribution is 2.06. The molecule has 0 unspecified atom stereocenters. The van der Waals surface area contributed by atoms with Gasteiger partial charge in [-0.2, -0.15) is 0 Å². The molecule has 0 heterocycles. The minimum atomic E-state index is 0.661. The Morgan fingerprint density at radius 1 is 1.55 bits per heavy atom. The number of hydrogen-bond donors (Lipinski definition) is 0. The molecule has 0 saturated heterocycles. The van der Waals surface area contributed by atoms with Crippen LogP contribution in [-0.4, -0.2) is 30.7 Å². The van der Waals surface area contributed by atoms with Gasteiger partial charge in [0.15, 0.2) is 5.17 Å². The summed E-state index contributed by atoms with van der Waals surface area (Å²) in [6.45, 7) is 7.87. The average Bonchev–Trinajstić information content (AvgIpc) is 1.97. The molecule has 0 aliphatic heterocycles. The SMILES string of the molecule is C=CCN=C(SC=C)N(C)C. The molecule has 0 aromatic heterocycles. The highest BCUT2D eigenvalue weighted by atomic mass is 32.2. The van der Waals surface area contributed by atoms with Crippen LogP contribution in [0.2, 0.25) is 0 Å². The van der Waals surface area contributed by atoms with Crippen molar-refractivity contribution < 1.29 is 0 Å². The Labute approximate surface area is 72.7 Å². The van der Waals surface area contributed by atoms with E-state index in [0.29, 0.717) is 6.54 Å². The van der Waals surface area contributed by atoms with Crippen LogP contribution < -0.4 is 0 Å². The summed E-state index contributed by atoms with van der Waals surface area (Å²) in [7, 11) is 3.91. The Balaban J connectivity index is 4.06. The molecule has 11 heavy (non-hydrogen) atoms. The summed E-state index contributed by atoms with van der Waals surface area (Å²) >= 11 is 1.52. The number of hydrogen-bond acceptors (Lipinski definition) is 2. The van der Waals surface area contributed by atoms with Gasteiger partial charge in [0.1, 0.15) is 0 Å². The van der Waals surface area contributed by atoms with E-state index in [1.54, 1.807) is 11.5 Å². The van der Waals surface area contributed by atoms with Gasteiger partial charge in [-0.05, 0) is 5.41 Å². The molecule has 3 heteroatoms. The average molecular weight is 170 g/mol. The second-order valence-corrected chi connectivity index (χ2v) is 3.03. The van der Waals surface area contributed by atoms with E-state index in [1.165, 1.54) is 11.8 Å². The fourth-order valence-corrected chi connectivity index (χ4v) is 1.01. The van der Waals surface area contributed by atoms with Crippen molar-refractivity contribution >= 4 is 16.9 Å². The van der Waals surface area contributed by atoms with E-state index < -0.39 is 0 Å². The lowest BCUT2D eigenvalue weighted by Gasteiger charge is -2.12. The van der Waals surface area contributed by atoms with Gasteiger partial charge in [0.2, 0.25) is 0 Å². The molecule has 0 radical (unpaired) electrons. The van der Waals surface area contributed by atoms with Crippen molar-refractivity contribution in [3.8, 4) is 0 Å². The minimum Gasteiger partial charge on any atom is -0.357 e. The van der Waals surface area contributed by atoms with Gasteiger partial charge < -0.3 is 4.90 Å². The molecule has 0 aliphatic carbocycles. The lowest BCUT2D eigenvalue weighted by molar-refractivity contribution is 0.634. The van der Waals surface area contributed by atoms with Crippen LogP contribution in [0.15, 0.2) is 29.6 Å². The molecule has 0 spiro atoms. The maximum absolute atomic E-state index is 4.25. The Bertz CT molecular complexity index is 161. The molecule has 0 bridgehead atoms. The van der Waals surface area contributed by atoms with E-state index in [4.69, 9.17) is 0 Å². The maximum atomic E-state index is 4.25. The maximum Gasteiger partial charge on any atom is 0.163 e. The van der Waals surface area contributed by atoms with Crippen molar-refractivity contribution in [3.05, 3.63) is 24.6 Å². The van der Waals surface area contributed by atoms with Crippen molar-refractivity contribution in [2.75, 3.05) is 20.6 Å². The third kappa shape index (κ3) is 4.67. The van der Waals surface area contributed by atoms with Crippen LogP contribution >= 0.6 is 11.8 Å². The van der Waals surface area contributed by atoms with Crippen molar-refractivity contribution in [3.63, 3.8) is 0 Å². The Hall–Kier alpha value is -0.700. The third-order valence-electron chi connectivity index (χ3n) is 0.927. The predicted octanol–water partition coefficient (Wildman–Crippen LogP) is 1.97. The molecular weight excluding hydrogens is 156 g/mol. The smallest absolute Gasteiger partial charge is 0.163 e. The number of amidine groups is 1. The lowest BCUT2D eigenvalue weighted by atomic mass is 10.6. The molecule has 0 amide bonds. The molecule has 62 valence electrons. The largest absolute Gasteiger partial charge is 0.357 e. The van der Waals surface area contributed by atoms with Gasteiger partial charge in [0, 0.05) is 14.1 Å². The fourth-order valence-electron chi connectivity index (χ4n) is 0.501. The summed E-state index contributed by atoms with van der Waals surface area (Å²) in [6, 6.07) is 0. The van der Waals surface area contributed by atoms with Gasteiger partial charge in [-0.1, -0.05) is 24.4 Å². The van der Waals surface area contributed by atoms with E-state index in [1.807, 2.05) is 19.0 Å². The second-order valence-electron chi connectivity index (χ2n) is 2.09. The van der Waals surface area contributed by atoms with Crippen LogP contribution in [0.25, 0.3) is 0 Å². The zero-order chi connectivity index (χ0) is 8.69. The first kappa shape index (κ1) is 10.3. The molecule has 0 fully saturated rings. The fraction of sp³-hybridized carbons (Fsp3) is 0.375. The normalized spacial score (nSPS) is 10.9. The zero-order valence-electron chi connectivity index (χ0n) is 7.08. The summed E-state index contributed by atoms with van der Waals surface area (Å²) < 4.78 is 0. The van der Waals surface area contributed by atoms with Crippen LogP contribution in [0, 0.1) is 0 Å². The molecular formula is C8H14N2S. The van der Waals surface area contributed by atoms with E-state index >= 15 is 0 Å². The summed E-state index contributed by atoms with van der Waals surface area (Å²) in [5.41, 5.74) is 0. The number of aliphatic imine (C=N–C) groups is 1. The molecule has 0 saturated carbocycles. The van der Waals surface area contributed by atoms with Crippen molar-refractivity contribution in [1.82, 2.24) is 4.90 Å². The van der Waals surface area contributed by atoms with Crippen LogP contribution in [0.1, 0.15) is 0 Å². The summed E-state index contributed by atoms with van der Waals surface area (Å²) in [6.07, 6.45) is 1.77. The standard InChI is InChI=1S/C8H14N2S/c1-5-7-9-8(10(3)4)11-6-2/h5-6H,1-2,7H2,3-4H3. The number of nitrogens with zero attached hydrogens (tertiary/aromatic N) is 2. The Kier molecular flexibility index (Phi) is 5.65. The summed E-state index contributed by atoms with van der Waals surface area (Å²) in [5.74, 6) is 0. The highest BCUT2D eigenvalue weighted by molar-refractivity contribution is 8.16. The second kappa shape index (κ2) is 6.04. The Morgan fingerprint density at radius 2 is 2.18 bits per heavy atom. The van der Waals surface area contributed by atoms with Crippen LogP contribution in [0.3, 0.4) is 0 Å². The summed E-state index contributed by atoms with van der Waals surface area (Å²) in [5, 5.41) is 2.72. The van der Waals surface area contributed by atoms with E-state index in [-0.39, 0.29) is 0 Å². The first-order chi connectivity index (χ1) is 5.22. The molecule has 0 aliphatic rings. The first-order valence-electron chi connectivity index (χ1n) is 3.32. The highest BCUT2D eigenvalue weighted by Gasteiger charge is 1.97. The van der Waals surface area contributed by atoms with Gasteiger partial charge in [0.25, 0.3) is 0 Å². The molecule has 2 nitrogen and oxygen atoms in total. The lowest BCUT2D eigenvalue weighted by Crippen LogP contribution is -2.18. The molecule has 0 aromatic rings. The molecule has 0 N–H and O–H groups in total. The van der Waals surface area contributed by atoms with Gasteiger partial charge in [0.05, 0.1) is 6.54 Å². The molecule has 0 rings (SSSR count). The van der Waals surface area contributed by atoms with Crippen LogP contribution in [0.4, 0.5) is 0 Å². The number of thioether (sulfide) groups is 1. The number of rotatable bonds is 3. The van der Waals surface area contributed by atoms with Crippen molar-refractivity contribution in [2.45, 2.75) is 0 Å². The first-order valence-corrected chi connectivity index (χ1v) is 4.20. The van der Waals surface area contributed by atoms with Crippen LogP contribution in [-0.2, 0) is 0 Å². The topological polar surface area (TPSA) is 15.6 Å². The van der Waals surface area contributed by atoms with Crippen molar-refractivity contribution in [2.24, 2.45) is 4.99 Å². The van der Waals surface area contributed by atoms with E-state index in [0.717, 1.165) is 5.17 Å². The van der Waals surface area contributed by atoms with Gasteiger partial charge >= 0.3 is 0 Å². The molecule has 0 aromatic carbocycles. The van der Waals surface area contributed by atoms with Crippen molar-refractivity contribution in [1.29, 1.82) is 0 Å². The zero-order valence-corrected chi connectivity index (χ0v) is 7.90. The quantitative estimate of drug-likeness (QED) is 0.365. The minimum absolute atomic E-state index is 0.661. The van der Waals surface area contributed by atoms with Crippen LogP contribution in [0.5, 0.6) is 0 Å². The molecule has 0 atom stereocenters. The monoisotopic (exact) mass is 170 g/mol. The van der Waals surface area contributed by atoms with Gasteiger partial charge in [-0.15, -0.1) is 6.58 Å². The van der Waals surface area contributed by atoms with Gasteiger partial charge in [-0.25, -0.2) is 0 Å². The van der Waals surface area contributed by atoms with E-state index in [9.17, 15) is 0 Å². The third-order valence-corrected chi connectivity index (χ3v) is 1.80. The summed E-state index contributed by atoms with van der Waals surface area (Å²) in [4.78, 5) is 6.20. The van der Waals surface area contributed by atoms with Gasteiger partial charge in [-0.3, -0.25) is 4.99 Å². The Morgan fingerprint density at radius 3 is 2.55 bits per heavy atom. The van der Waals surface area contributed by atoms with E-state index in [2.05, 4.69) is 18.2 Å². The predicted molar refractivity (Wildman–Crippen MR) is 54.0 cm³/mol.